The van der Waals surface area contributed by atoms with Gasteiger partial charge in [0.25, 0.3) is 0 Å². The molecule has 1 fully saturated rings. The normalized spacial score (nSPS) is 13.5. The maximum atomic E-state index is 6.33. The first-order chi connectivity index (χ1) is 26.8. The standard InChI is InChI=1S/C52H41NO/c1-3-15-36(16-4-1)37-29-31-39(32-30-37)42-21-7-10-26-48(42)53(41-33-34-51-47(35-41)45-23-9-12-28-50(45)54-51)49-27-11-8-22-44(49)46-25-14-20-40-19-13-24-43(52(40)46)38-17-5-2-6-18-38/h1,3-4,7-16,19-35,38H,2,5-6,17-18H2. The van der Waals surface area contributed by atoms with Gasteiger partial charge in [0.2, 0.25) is 0 Å². The summed E-state index contributed by atoms with van der Waals surface area (Å²) in [6, 6.07) is 66.3. The minimum Gasteiger partial charge on any atom is -0.456 e. The Morgan fingerprint density at radius 1 is 0.426 bits per heavy atom. The van der Waals surface area contributed by atoms with Crippen molar-refractivity contribution in [2.45, 2.75) is 38.0 Å². The largest absolute Gasteiger partial charge is 0.456 e. The van der Waals surface area contributed by atoms with Crippen molar-refractivity contribution in [1.82, 2.24) is 0 Å². The van der Waals surface area contributed by atoms with Gasteiger partial charge >= 0.3 is 0 Å². The molecule has 2 heteroatoms. The lowest BCUT2D eigenvalue weighted by Gasteiger charge is -2.30. The van der Waals surface area contributed by atoms with Crippen molar-refractivity contribution in [1.29, 1.82) is 0 Å². The van der Waals surface area contributed by atoms with Gasteiger partial charge in [0.1, 0.15) is 11.2 Å². The first-order valence-corrected chi connectivity index (χ1v) is 19.4. The minimum absolute atomic E-state index is 0.586. The Morgan fingerprint density at radius 3 is 1.85 bits per heavy atom. The third kappa shape index (κ3) is 5.76. The van der Waals surface area contributed by atoms with Gasteiger partial charge in [-0.1, -0.05) is 165 Å². The fourth-order valence-corrected chi connectivity index (χ4v) is 8.89. The van der Waals surface area contributed by atoms with Gasteiger partial charge in [-0.2, -0.15) is 0 Å². The lowest BCUT2D eigenvalue weighted by molar-refractivity contribution is 0.445. The fraction of sp³-hybridized carbons (Fsp3) is 0.115. The maximum Gasteiger partial charge on any atom is 0.135 e. The molecular formula is C52H41NO. The molecule has 0 aliphatic heterocycles. The maximum absolute atomic E-state index is 6.33. The van der Waals surface area contributed by atoms with Crippen molar-refractivity contribution >= 4 is 49.8 Å². The Morgan fingerprint density at radius 2 is 1.04 bits per heavy atom. The summed E-state index contributed by atoms with van der Waals surface area (Å²) < 4.78 is 6.33. The van der Waals surface area contributed by atoms with E-state index in [1.807, 2.05) is 6.07 Å². The quantitative estimate of drug-likeness (QED) is 0.165. The highest BCUT2D eigenvalue weighted by Crippen LogP contribution is 2.48. The summed E-state index contributed by atoms with van der Waals surface area (Å²) in [7, 11) is 0. The highest BCUT2D eigenvalue weighted by atomic mass is 16.3. The molecule has 0 atom stereocenters. The van der Waals surface area contributed by atoms with E-state index in [-0.39, 0.29) is 0 Å². The molecule has 1 heterocycles. The van der Waals surface area contributed by atoms with E-state index in [4.69, 9.17) is 4.42 Å². The lowest BCUT2D eigenvalue weighted by atomic mass is 9.80. The van der Waals surface area contributed by atoms with Crippen LogP contribution in [-0.4, -0.2) is 0 Å². The van der Waals surface area contributed by atoms with Crippen LogP contribution in [0.1, 0.15) is 43.6 Å². The molecule has 0 unspecified atom stereocenters. The summed E-state index contributed by atoms with van der Waals surface area (Å²) >= 11 is 0. The molecule has 0 N–H and O–H groups in total. The molecule has 0 spiro atoms. The second-order valence-electron chi connectivity index (χ2n) is 14.7. The predicted octanol–water partition coefficient (Wildman–Crippen LogP) is 15.3. The number of para-hydroxylation sites is 3. The number of hydrogen-bond donors (Lipinski definition) is 0. The zero-order valence-corrected chi connectivity index (χ0v) is 30.3. The van der Waals surface area contributed by atoms with Gasteiger partial charge in [-0.15, -0.1) is 0 Å². The molecule has 260 valence electrons. The van der Waals surface area contributed by atoms with Crippen molar-refractivity contribution in [2.24, 2.45) is 0 Å². The van der Waals surface area contributed by atoms with E-state index in [9.17, 15) is 0 Å². The van der Waals surface area contributed by atoms with E-state index in [2.05, 4.69) is 181 Å². The molecule has 0 bridgehead atoms. The van der Waals surface area contributed by atoms with Crippen molar-refractivity contribution in [3.05, 3.63) is 188 Å². The molecule has 0 amide bonds. The Hall–Kier alpha value is -6.38. The van der Waals surface area contributed by atoms with Gasteiger partial charge in [0, 0.05) is 27.6 Å². The first kappa shape index (κ1) is 32.3. The summed E-state index contributed by atoms with van der Waals surface area (Å²) in [6.07, 6.45) is 6.48. The van der Waals surface area contributed by atoms with Gasteiger partial charge in [0.05, 0.1) is 11.4 Å². The molecule has 54 heavy (non-hydrogen) atoms. The van der Waals surface area contributed by atoms with E-state index in [1.54, 1.807) is 0 Å². The SMILES string of the molecule is c1ccc(-c2ccc(-c3ccccc3N(c3ccc4oc5ccccc5c4c3)c3ccccc3-c3cccc4cccc(C5CCCCC5)c34)cc2)cc1. The smallest absolute Gasteiger partial charge is 0.135 e. The van der Waals surface area contributed by atoms with E-state index in [0.717, 1.165) is 39.0 Å². The third-order valence-electron chi connectivity index (χ3n) is 11.5. The van der Waals surface area contributed by atoms with Crippen LogP contribution in [0.2, 0.25) is 0 Å². The van der Waals surface area contributed by atoms with Gasteiger partial charge in [-0.05, 0) is 93.7 Å². The Kier molecular flexibility index (Phi) is 8.30. The Balaban J connectivity index is 1.20. The molecule has 9 aromatic rings. The van der Waals surface area contributed by atoms with Crippen molar-refractivity contribution in [3.8, 4) is 33.4 Å². The highest BCUT2D eigenvalue weighted by Gasteiger charge is 2.24. The predicted molar refractivity (Wildman–Crippen MR) is 228 cm³/mol. The number of furan rings is 1. The number of anilines is 3. The minimum atomic E-state index is 0.586. The molecule has 1 saturated carbocycles. The molecule has 2 nitrogen and oxygen atoms in total. The molecule has 1 aromatic heterocycles. The fourth-order valence-electron chi connectivity index (χ4n) is 8.89. The van der Waals surface area contributed by atoms with Crippen molar-refractivity contribution in [3.63, 3.8) is 0 Å². The summed E-state index contributed by atoms with van der Waals surface area (Å²) in [5.74, 6) is 0.586. The zero-order chi connectivity index (χ0) is 35.8. The van der Waals surface area contributed by atoms with Gasteiger partial charge < -0.3 is 9.32 Å². The van der Waals surface area contributed by atoms with Crippen LogP contribution in [0.4, 0.5) is 17.1 Å². The number of fused-ring (bicyclic) bond motifs is 4. The second-order valence-corrected chi connectivity index (χ2v) is 14.7. The highest BCUT2D eigenvalue weighted by molar-refractivity contribution is 6.08. The van der Waals surface area contributed by atoms with Crippen LogP contribution in [0, 0.1) is 0 Å². The van der Waals surface area contributed by atoms with Gasteiger partial charge in [-0.3, -0.25) is 0 Å². The van der Waals surface area contributed by atoms with Crippen LogP contribution in [0.5, 0.6) is 0 Å². The number of nitrogens with zero attached hydrogens (tertiary/aromatic N) is 1. The third-order valence-corrected chi connectivity index (χ3v) is 11.5. The summed E-state index contributed by atoms with van der Waals surface area (Å²) in [6.45, 7) is 0. The van der Waals surface area contributed by atoms with Crippen LogP contribution < -0.4 is 4.90 Å². The van der Waals surface area contributed by atoms with E-state index >= 15 is 0 Å². The van der Waals surface area contributed by atoms with E-state index < -0.39 is 0 Å². The average Bonchev–Trinajstić information content (AvgIpc) is 3.63. The van der Waals surface area contributed by atoms with E-state index in [0.29, 0.717) is 5.92 Å². The molecular weight excluding hydrogens is 655 g/mol. The van der Waals surface area contributed by atoms with Crippen LogP contribution in [0.15, 0.2) is 186 Å². The van der Waals surface area contributed by atoms with E-state index in [1.165, 1.54) is 81.8 Å². The Labute approximate surface area is 316 Å². The molecule has 8 aromatic carbocycles. The lowest BCUT2D eigenvalue weighted by Crippen LogP contribution is -2.12. The molecule has 1 aliphatic carbocycles. The topological polar surface area (TPSA) is 16.4 Å². The molecule has 0 saturated heterocycles. The van der Waals surface area contributed by atoms with Gasteiger partial charge in [-0.25, -0.2) is 0 Å². The van der Waals surface area contributed by atoms with Crippen LogP contribution in [-0.2, 0) is 0 Å². The summed E-state index contributed by atoms with van der Waals surface area (Å²) in [5, 5.41) is 4.93. The summed E-state index contributed by atoms with van der Waals surface area (Å²) in [4.78, 5) is 2.47. The molecule has 10 rings (SSSR count). The number of rotatable bonds is 7. The van der Waals surface area contributed by atoms with Crippen LogP contribution in [0.25, 0.3) is 66.1 Å². The summed E-state index contributed by atoms with van der Waals surface area (Å²) in [5.41, 5.74) is 13.9. The first-order valence-electron chi connectivity index (χ1n) is 19.4. The second kappa shape index (κ2) is 13.9. The van der Waals surface area contributed by atoms with Crippen LogP contribution in [0.3, 0.4) is 0 Å². The number of hydrogen-bond acceptors (Lipinski definition) is 2. The van der Waals surface area contributed by atoms with Crippen molar-refractivity contribution in [2.75, 3.05) is 4.90 Å². The van der Waals surface area contributed by atoms with Gasteiger partial charge in [0.15, 0.2) is 0 Å². The Bertz CT molecular complexity index is 2750. The molecule has 0 radical (unpaired) electrons. The monoisotopic (exact) mass is 695 g/mol. The zero-order valence-electron chi connectivity index (χ0n) is 30.3. The van der Waals surface area contributed by atoms with Crippen LogP contribution >= 0.6 is 0 Å². The molecule has 1 aliphatic rings. The average molecular weight is 696 g/mol. The van der Waals surface area contributed by atoms with Crippen molar-refractivity contribution < 1.29 is 4.42 Å². The number of benzene rings is 8.